The van der Waals surface area contributed by atoms with Gasteiger partial charge in [0.25, 0.3) is 0 Å². The maximum atomic E-state index is 12.6. The molecule has 0 fully saturated rings. The summed E-state index contributed by atoms with van der Waals surface area (Å²) in [5.41, 5.74) is 8.10. The molecule has 2 unspecified atom stereocenters. The topological polar surface area (TPSA) is 85.0 Å². The van der Waals surface area contributed by atoms with Crippen LogP contribution in [0.3, 0.4) is 0 Å². The molecule has 0 radical (unpaired) electrons. The van der Waals surface area contributed by atoms with Crippen molar-refractivity contribution >= 4 is 5.91 Å². The number of nitrogens with two attached hydrogens (primary N) is 1. The Bertz CT molecular complexity index is 776. The summed E-state index contributed by atoms with van der Waals surface area (Å²) in [4.78, 5) is 14.3. The van der Waals surface area contributed by atoms with Gasteiger partial charge in [-0.1, -0.05) is 18.2 Å². The van der Waals surface area contributed by atoms with E-state index in [1.54, 1.807) is 36.2 Å². The number of phenolic OH excluding ortho intramolecular Hbond substituents is 1. The van der Waals surface area contributed by atoms with Gasteiger partial charge >= 0.3 is 0 Å². The lowest BCUT2D eigenvalue weighted by molar-refractivity contribution is -0.133. The monoisotopic (exact) mass is 356 g/mol. The Morgan fingerprint density at radius 2 is 1.77 bits per heavy atom. The molecule has 1 aliphatic heterocycles. The molecule has 138 valence electrons. The third kappa shape index (κ3) is 4.08. The molecular weight excluding hydrogens is 332 g/mol. The van der Waals surface area contributed by atoms with E-state index in [4.69, 9.17) is 15.2 Å². The van der Waals surface area contributed by atoms with Gasteiger partial charge < -0.3 is 25.2 Å². The fourth-order valence-corrected chi connectivity index (χ4v) is 3.00. The summed E-state index contributed by atoms with van der Waals surface area (Å²) in [6, 6.07) is 11.9. The van der Waals surface area contributed by atoms with Gasteiger partial charge in [0.1, 0.15) is 5.75 Å². The van der Waals surface area contributed by atoms with Crippen molar-refractivity contribution in [3.8, 4) is 17.2 Å². The van der Waals surface area contributed by atoms with Crippen molar-refractivity contribution in [1.82, 2.24) is 4.90 Å². The number of carbonyl (C=O) groups is 1. The molecule has 2 aromatic rings. The summed E-state index contributed by atoms with van der Waals surface area (Å²) < 4.78 is 10.7. The second-order valence-electron chi connectivity index (χ2n) is 6.67. The lowest BCUT2D eigenvalue weighted by Crippen LogP contribution is -2.47. The molecular formula is C20H24N2O4. The van der Waals surface area contributed by atoms with Crippen LogP contribution >= 0.6 is 0 Å². The minimum atomic E-state index is -0.622. The number of amides is 1. The van der Waals surface area contributed by atoms with Gasteiger partial charge in [-0.05, 0) is 55.2 Å². The number of carbonyl (C=O) groups excluding carboxylic acids is 1. The fraction of sp³-hybridized carbons (Fsp3) is 0.350. The minimum absolute atomic E-state index is 0.00580. The van der Waals surface area contributed by atoms with Crippen molar-refractivity contribution in [2.24, 2.45) is 5.73 Å². The standard InChI is InChI=1S/C20H24N2O4/c1-13(9-15-5-8-18-19(11-15)26-12-25-18)22(2)20(24)17(21)10-14-3-6-16(23)7-4-14/h3-8,11,13,17,23H,9-10,12,21H2,1-2H3. The van der Waals surface area contributed by atoms with Crippen LogP contribution in [0.4, 0.5) is 0 Å². The number of likely N-dealkylation sites (N-methyl/N-ethyl adjacent to an activating group) is 1. The molecule has 6 heteroatoms. The molecule has 2 aromatic carbocycles. The van der Waals surface area contributed by atoms with E-state index in [9.17, 15) is 9.90 Å². The number of fused-ring (bicyclic) bond motifs is 1. The molecule has 0 aliphatic carbocycles. The number of benzene rings is 2. The molecule has 0 aromatic heterocycles. The van der Waals surface area contributed by atoms with Gasteiger partial charge in [0.2, 0.25) is 12.7 Å². The van der Waals surface area contributed by atoms with Gasteiger partial charge in [0.05, 0.1) is 6.04 Å². The zero-order chi connectivity index (χ0) is 18.7. The molecule has 26 heavy (non-hydrogen) atoms. The lowest BCUT2D eigenvalue weighted by atomic mass is 10.0. The summed E-state index contributed by atoms with van der Waals surface area (Å²) in [5.74, 6) is 1.59. The van der Waals surface area contributed by atoms with E-state index in [1.807, 2.05) is 25.1 Å². The van der Waals surface area contributed by atoms with Crippen molar-refractivity contribution in [2.75, 3.05) is 13.8 Å². The van der Waals surface area contributed by atoms with Gasteiger partial charge in [0.15, 0.2) is 11.5 Å². The number of aromatic hydroxyl groups is 1. The van der Waals surface area contributed by atoms with Crippen LogP contribution in [0.25, 0.3) is 0 Å². The van der Waals surface area contributed by atoms with Crippen LogP contribution < -0.4 is 15.2 Å². The van der Waals surface area contributed by atoms with E-state index in [-0.39, 0.29) is 24.5 Å². The molecule has 1 heterocycles. The number of phenols is 1. The van der Waals surface area contributed by atoms with Gasteiger partial charge in [0, 0.05) is 13.1 Å². The van der Waals surface area contributed by atoms with Crippen molar-refractivity contribution < 1.29 is 19.4 Å². The molecule has 0 saturated heterocycles. The van der Waals surface area contributed by atoms with Crippen molar-refractivity contribution in [2.45, 2.75) is 31.8 Å². The first kappa shape index (κ1) is 18.1. The normalized spacial score (nSPS) is 14.7. The van der Waals surface area contributed by atoms with Crippen LogP contribution in [0.2, 0.25) is 0 Å². The SMILES string of the molecule is CC(Cc1ccc2c(c1)OCO2)N(C)C(=O)C(N)Cc1ccc(O)cc1. The highest BCUT2D eigenvalue weighted by atomic mass is 16.7. The Labute approximate surface area is 153 Å². The summed E-state index contributed by atoms with van der Waals surface area (Å²) in [6.45, 7) is 2.24. The molecule has 1 aliphatic rings. The third-order valence-electron chi connectivity index (χ3n) is 4.69. The van der Waals surface area contributed by atoms with Gasteiger partial charge in [-0.3, -0.25) is 4.79 Å². The summed E-state index contributed by atoms with van der Waals surface area (Å²) in [5, 5.41) is 9.34. The first-order chi connectivity index (χ1) is 12.4. The summed E-state index contributed by atoms with van der Waals surface area (Å²) in [7, 11) is 1.77. The van der Waals surface area contributed by atoms with Gasteiger partial charge in [-0.2, -0.15) is 0 Å². The second-order valence-corrected chi connectivity index (χ2v) is 6.67. The van der Waals surface area contributed by atoms with Gasteiger partial charge in [-0.25, -0.2) is 0 Å². The van der Waals surface area contributed by atoms with Crippen LogP contribution in [-0.4, -0.2) is 41.8 Å². The van der Waals surface area contributed by atoms with Gasteiger partial charge in [-0.15, -0.1) is 0 Å². The third-order valence-corrected chi connectivity index (χ3v) is 4.69. The number of ether oxygens (including phenoxy) is 2. The number of hydrogen-bond acceptors (Lipinski definition) is 5. The lowest BCUT2D eigenvalue weighted by Gasteiger charge is -2.28. The Morgan fingerprint density at radius 3 is 2.50 bits per heavy atom. The molecule has 3 N–H and O–H groups in total. The van der Waals surface area contributed by atoms with Crippen LogP contribution in [0, 0.1) is 0 Å². The Balaban J connectivity index is 1.59. The van der Waals surface area contributed by atoms with E-state index >= 15 is 0 Å². The maximum absolute atomic E-state index is 12.6. The molecule has 6 nitrogen and oxygen atoms in total. The zero-order valence-corrected chi connectivity index (χ0v) is 15.0. The number of nitrogens with zero attached hydrogens (tertiary/aromatic N) is 1. The molecule has 0 saturated carbocycles. The Hall–Kier alpha value is -2.73. The maximum Gasteiger partial charge on any atom is 0.239 e. The molecule has 3 rings (SSSR count). The number of hydrogen-bond donors (Lipinski definition) is 2. The highest BCUT2D eigenvalue weighted by molar-refractivity contribution is 5.82. The van der Waals surface area contributed by atoms with E-state index in [0.29, 0.717) is 12.8 Å². The number of rotatable bonds is 6. The highest BCUT2D eigenvalue weighted by Gasteiger charge is 2.23. The molecule has 0 spiro atoms. The van der Waals surface area contributed by atoms with Crippen LogP contribution in [0.1, 0.15) is 18.1 Å². The second kappa shape index (κ2) is 7.66. The quantitative estimate of drug-likeness (QED) is 0.828. The van der Waals surface area contributed by atoms with E-state index in [2.05, 4.69) is 0 Å². The fourth-order valence-electron chi connectivity index (χ4n) is 3.00. The van der Waals surface area contributed by atoms with Crippen LogP contribution in [0.15, 0.2) is 42.5 Å². The largest absolute Gasteiger partial charge is 0.508 e. The zero-order valence-electron chi connectivity index (χ0n) is 15.0. The smallest absolute Gasteiger partial charge is 0.239 e. The average molecular weight is 356 g/mol. The van der Waals surface area contributed by atoms with Crippen molar-refractivity contribution in [3.63, 3.8) is 0 Å². The predicted octanol–water partition coefficient (Wildman–Crippen LogP) is 2.08. The Kier molecular flexibility index (Phi) is 5.32. The molecule has 2 atom stereocenters. The summed E-state index contributed by atoms with van der Waals surface area (Å²) >= 11 is 0. The molecule has 1 amide bonds. The highest BCUT2D eigenvalue weighted by Crippen LogP contribution is 2.33. The van der Waals surface area contributed by atoms with E-state index < -0.39 is 6.04 Å². The van der Waals surface area contributed by atoms with E-state index in [1.165, 1.54) is 0 Å². The predicted molar refractivity (Wildman–Crippen MR) is 98.3 cm³/mol. The summed E-state index contributed by atoms with van der Waals surface area (Å²) in [6.07, 6.45) is 1.13. The van der Waals surface area contributed by atoms with E-state index in [0.717, 1.165) is 22.6 Å². The molecule has 0 bridgehead atoms. The Morgan fingerprint density at radius 1 is 1.12 bits per heavy atom. The van der Waals surface area contributed by atoms with Crippen LogP contribution in [-0.2, 0) is 17.6 Å². The first-order valence-corrected chi connectivity index (χ1v) is 8.62. The van der Waals surface area contributed by atoms with Crippen molar-refractivity contribution in [3.05, 3.63) is 53.6 Å². The minimum Gasteiger partial charge on any atom is -0.508 e. The van der Waals surface area contributed by atoms with Crippen LogP contribution in [0.5, 0.6) is 17.2 Å². The van der Waals surface area contributed by atoms with Crippen molar-refractivity contribution in [1.29, 1.82) is 0 Å². The average Bonchev–Trinajstić information content (AvgIpc) is 3.10. The first-order valence-electron chi connectivity index (χ1n) is 8.62.